The average Bonchev–Trinajstić information content (AvgIpc) is 3.24. The molecule has 158 valence electrons. The van der Waals surface area contributed by atoms with E-state index in [0.717, 1.165) is 34.3 Å². The number of rotatable bonds is 2. The number of nitrogens with two attached hydrogens (primary N) is 1. The highest BCUT2D eigenvalue weighted by atomic mass is 35.5. The minimum absolute atomic E-state index is 0.0790. The van der Waals surface area contributed by atoms with Crippen LogP contribution < -0.4 is 5.73 Å². The Hall–Kier alpha value is -2.80. The first-order valence-electron chi connectivity index (χ1n) is 10.0. The number of benzene rings is 1. The summed E-state index contributed by atoms with van der Waals surface area (Å²) in [6, 6.07) is 7.75. The van der Waals surface area contributed by atoms with Crippen molar-refractivity contribution < 1.29 is 9.53 Å². The molecule has 2 aromatic heterocycles. The number of nitrogens with zero attached hydrogens (tertiary/aromatic N) is 4. The third kappa shape index (κ3) is 3.69. The van der Waals surface area contributed by atoms with Gasteiger partial charge in [0.1, 0.15) is 23.4 Å². The minimum atomic E-state index is -0.519. The van der Waals surface area contributed by atoms with Gasteiger partial charge in [0.25, 0.3) is 0 Å². The predicted molar refractivity (Wildman–Crippen MR) is 119 cm³/mol. The molecule has 2 N–H and O–H groups in total. The summed E-state index contributed by atoms with van der Waals surface area (Å²) in [7, 11) is 0. The molecule has 1 aliphatic heterocycles. The summed E-state index contributed by atoms with van der Waals surface area (Å²) in [6.07, 6.45) is 2.01. The maximum atomic E-state index is 12.5. The van der Waals surface area contributed by atoms with E-state index in [1.54, 1.807) is 4.90 Å². The number of hydrogen-bond acceptors (Lipinski definition) is 5. The second-order valence-electron chi connectivity index (χ2n) is 8.66. The molecule has 1 saturated heterocycles. The van der Waals surface area contributed by atoms with Gasteiger partial charge >= 0.3 is 6.09 Å². The van der Waals surface area contributed by atoms with Crippen LogP contribution in [0.25, 0.3) is 22.2 Å². The van der Waals surface area contributed by atoms with Crippen LogP contribution in [0.3, 0.4) is 0 Å². The maximum Gasteiger partial charge on any atom is 0.410 e. The zero-order valence-electron chi connectivity index (χ0n) is 17.6. The number of carbonyl (C=O) groups excluding carboxylic acids is 1. The Morgan fingerprint density at radius 3 is 2.60 bits per heavy atom. The number of nitrogen functional groups attached to an aromatic ring is 1. The van der Waals surface area contributed by atoms with E-state index in [-0.39, 0.29) is 12.1 Å². The van der Waals surface area contributed by atoms with Gasteiger partial charge in [0.05, 0.1) is 11.4 Å². The molecule has 0 bridgehead atoms. The van der Waals surface area contributed by atoms with E-state index in [1.807, 2.05) is 45.0 Å². The molecule has 1 atom stereocenters. The first kappa shape index (κ1) is 20.5. The van der Waals surface area contributed by atoms with Crippen LogP contribution in [0.2, 0.25) is 5.02 Å². The SMILES string of the molecule is Cc1c(-c2ccc(Cl)cc2)c2c(N)ncnc2n1[C@@H]1CCN(C(=O)OC(C)(C)C)C1. The van der Waals surface area contributed by atoms with Crippen molar-refractivity contribution in [3.05, 3.63) is 41.3 Å². The largest absolute Gasteiger partial charge is 0.444 e. The monoisotopic (exact) mass is 427 g/mol. The van der Waals surface area contributed by atoms with Gasteiger partial charge in [-0.1, -0.05) is 23.7 Å². The molecule has 0 saturated carbocycles. The van der Waals surface area contributed by atoms with Gasteiger partial charge < -0.3 is 19.9 Å². The lowest BCUT2D eigenvalue weighted by Crippen LogP contribution is -2.35. The van der Waals surface area contributed by atoms with Gasteiger partial charge in [-0.05, 0) is 51.8 Å². The van der Waals surface area contributed by atoms with Crippen LogP contribution in [0, 0.1) is 6.92 Å². The van der Waals surface area contributed by atoms with Gasteiger partial charge in [0.2, 0.25) is 0 Å². The molecule has 1 amide bonds. The second-order valence-corrected chi connectivity index (χ2v) is 9.10. The van der Waals surface area contributed by atoms with Crippen LogP contribution in [0.4, 0.5) is 10.6 Å². The third-order valence-electron chi connectivity index (χ3n) is 5.37. The first-order valence-corrected chi connectivity index (χ1v) is 10.4. The summed E-state index contributed by atoms with van der Waals surface area (Å²) >= 11 is 6.08. The molecule has 1 aliphatic rings. The van der Waals surface area contributed by atoms with E-state index in [2.05, 4.69) is 21.5 Å². The summed E-state index contributed by atoms with van der Waals surface area (Å²) < 4.78 is 7.73. The number of hydrogen-bond donors (Lipinski definition) is 1. The molecule has 8 heteroatoms. The number of ether oxygens (including phenoxy) is 1. The number of anilines is 1. The van der Waals surface area contributed by atoms with Gasteiger partial charge in [0, 0.05) is 29.4 Å². The van der Waals surface area contributed by atoms with Crippen molar-refractivity contribution >= 4 is 34.5 Å². The highest BCUT2D eigenvalue weighted by molar-refractivity contribution is 6.30. The lowest BCUT2D eigenvalue weighted by molar-refractivity contribution is 0.0289. The van der Waals surface area contributed by atoms with Crippen molar-refractivity contribution in [2.45, 2.75) is 45.8 Å². The molecule has 0 radical (unpaired) electrons. The van der Waals surface area contributed by atoms with Gasteiger partial charge in [-0.2, -0.15) is 0 Å². The number of halogens is 1. The smallest absolute Gasteiger partial charge is 0.410 e. The van der Waals surface area contributed by atoms with E-state index >= 15 is 0 Å². The number of aromatic nitrogens is 3. The van der Waals surface area contributed by atoms with E-state index < -0.39 is 5.60 Å². The van der Waals surface area contributed by atoms with Crippen LogP contribution >= 0.6 is 11.6 Å². The van der Waals surface area contributed by atoms with Crippen LogP contribution in [-0.4, -0.2) is 44.2 Å². The number of carbonyl (C=O) groups is 1. The van der Waals surface area contributed by atoms with Crippen molar-refractivity contribution in [2.75, 3.05) is 18.8 Å². The second kappa shape index (κ2) is 7.47. The van der Waals surface area contributed by atoms with Gasteiger partial charge in [0.15, 0.2) is 0 Å². The van der Waals surface area contributed by atoms with Crippen LogP contribution in [0.5, 0.6) is 0 Å². The Bertz CT molecular complexity index is 1100. The van der Waals surface area contributed by atoms with E-state index in [1.165, 1.54) is 6.33 Å². The first-order chi connectivity index (χ1) is 14.2. The van der Waals surface area contributed by atoms with Gasteiger partial charge in [-0.15, -0.1) is 0 Å². The fraction of sp³-hybridized carbons (Fsp3) is 0.409. The molecule has 3 aromatic rings. The summed E-state index contributed by atoms with van der Waals surface area (Å²) in [5.41, 5.74) is 9.57. The molecular formula is C22H26ClN5O2. The predicted octanol–water partition coefficient (Wildman–Crippen LogP) is 4.82. The molecule has 7 nitrogen and oxygen atoms in total. The Morgan fingerprint density at radius 2 is 1.93 bits per heavy atom. The quantitative estimate of drug-likeness (QED) is 0.633. The molecule has 30 heavy (non-hydrogen) atoms. The molecule has 0 aliphatic carbocycles. The van der Waals surface area contributed by atoms with Gasteiger partial charge in [-0.3, -0.25) is 0 Å². The molecule has 3 heterocycles. The molecule has 0 unspecified atom stereocenters. The summed E-state index contributed by atoms with van der Waals surface area (Å²) in [5.74, 6) is 0.439. The fourth-order valence-corrected chi connectivity index (χ4v) is 4.26. The Labute approximate surface area is 180 Å². The topological polar surface area (TPSA) is 86.3 Å². The number of fused-ring (bicyclic) bond motifs is 1. The summed E-state index contributed by atoms with van der Waals surface area (Å²) in [4.78, 5) is 23.1. The van der Waals surface area contributed by atoms with Crippen LogP contribution in [-0.2, 0) is 4.74 Å². The van der Waals surface area contributed by atoms with Crippen molar-refractivity contribution in [3.63, 3.8) is 0 Å². The van der Waals surface area contributed by atoms with Crippen LogP contribution in [0.15, 0.2) is 30.6 Å². The van der Waals surface area contributed by atoms with Crippen molar-refractivity contribution in [2.24, 2.45) is 0 Å². The summed E-state index contributed by atoms with van der Waals surface area (Å²) in [5, 5.41) is 1.50. The third-order valence-corrected chi connectivity index (χ3v) is 5.62. The number of amides is 1. The lowest BCUT2D eigenvalue weighted by atomic mass is 10.0. The standard InChI is InChI=1S/C22H26ClN5O2/c1-13-17(14-5-7-15(23)8-6-14)18-19(24)25-12-26-20(18)28(13)16-9-10-27(11-16)21(29)30-22(2,3)4/h5-8,12,16H,9-11H2,1-4H3,(H2,24,25,26)/t16-/m1/s1. The molecule has 1 fully saturated rings. The number of likely N-dealkylation sites (tertiary alicyclic amines) is 1. The minimum Gasteiger partial charge on any atom is -0.444 e. The van der Waals surface area contributed by atoms with Gasteiger partial charge in [-0.25, -0.2) is 14.8 Å². The van der Waals surface area contributed by atoms with Crippen molar-refractivity contribution in [1.82, 2.24) is 19.4 Å². The Balaban J connectivity index is 1.76. The molecule has 0 spiro atoms. The fourth-order valence-electron chi connectivity index (χ4n) is 4.13. The van der Waals surface area contributed by atoms with E-state index in [9.17, 15) is 4.79 Å². The van der Waals surface area contributed by atoms with Crippen LogP contribution in [0.1, 0.15) is 38.9 Å². The van der Waals surface area contributed by atoms with Crippen molar-refractivity contribution in [1.29, 1.82) is 0 Å². The maximum absolute atomic E-state index is 12.5. The molecule has 4 rings (SSSR count). The Morgan fingerprint density at radius 1 is 1.23 bits per heavy atom. The van der Waals surface area contributed by atoms with Crippen molar-refractivity contribution in [3.8, 4) is 11.1 Å². The Kier molecular flexibility index (Phi) is 5.10. The average molecular weight is 428 g/mol. The lowest BCUT2D eigenvalue weighted by Gasteiger charge is -2.24. The summed E-state index contributed by atoms with van der Waals surface area (Å²) in [6.45, 7) is 8.88. The molecule has 1 aromatic carbocycles. The van der Waals surface area contributed by atoms with E-state index in [0.29, 0.717) is 23.9 Å². The van der Waals surface area contributed by atoms with E-state index in [4.69, 9.17) is 22.1 Å². The molecular weight excluding hydrogens is 402 g/mol. The highest BCUT2D eigenvalue weighted by Gasteiger charge is 2.33. The zero-order valence-corrected chi connectivity index (χ0v) is 18.4. The zero-order chi connectivity index (χ0) is 21.6. The highest BCUT2D eigenvalue weighted by Crippen LogP contribution is 2.40. The normalized spacial score (nSPS) is 17.0.